The molecule has 0 saturated heterocycles. The summed E-state index contributed by atoms with van der Waals surface area (Å²) in [5, 5.41) is 8.93. The molecule has 0 bridgehead atoms. The highest BCUT2D eigenvalue weighted by Crippen LogP contribution is 2.51. The van der Waals surface area contributed by atoms with Gasteiger partial charge in [0, 0.05) is 66.6 Å². The summed E-state index contributed by atoms with van der Waals surface area (Å²) < 4.78 is 112. The first kappa shape index (κ1) is 61.4. The highest BCUT2D eigenvalue weighted by molar-refractivity contribution is 7.86. The van der Waals surface area contributed by atoms with Gasteiger partial charge in [0.25, 0.3) is 10.1 Å². The second kappa shape index (κ2) is 32.3. The first-order valence-corrected chi connectivity index (χ1v) is 28.3. The van der Waals surface area contributed by atoms with Gasteiger partial charge < -0.3 is 52.8 Å². The Morgan fingerprint density at radius 2 is 1.36 bits per heavy atom. The quantitative estimate of drug-likeness (QED) is 0.0629. The number of anilines is 2. The Kier molecular flexibility index (Phi) is 27.6. The van der Waals surface area contributed by atoms with E-state index in [-0.39, 0.29) is 23.5 Å². The van der Waals surface area contributed by atoms with Gasteiger partial charge in [0.15, 0.2) is 22.2 Å². The lowest BCUT2D eigenvalue weighted by molar-refractivity contribution is 0.00455. The van der Waals surface area contributed by atoms with Gasteiger partial charge >= 0.3 is 0 Å². The Balaban J connectivity index is 1.62. The van der Waals surface area contributed by atoms with Crippen molar-refractivity contribution >= 4 is 49.2 Å². The van der Waals surface area contributed by atoms with Crippen molar-refractivity contribution in [2.45, 2.75) is 63.4 Å². The normalized spacial score (nSPS) is 18.3. The molecule has 21 heteroatoms. The fraction of sp³-hybridized carbons (Fsp3) is 0.647. The summed E-state index contributed by atoms with van der Waals surface area (Å²) in [6.07, 6.45) is 9.42. The van der Waals surface area contributed by atoms with Gasteiger partial charge in [-0.1, -0.05) is 26.8 Å². The third kappa shape index (κ3) is 19.5. The number of ether oxygens (including phenoxy) is 8. The van der Waals surface area contributed by atoms with Crippen molar-refractivity contribution < 1.29 is 72.4 Å². The number of methoxy groups -OCH3 is 1. The zero-order chi connectivity index (χ0) is 52.4. The first-order chi connectivity index (χ1) is 34.6. The van der Waals surface area contributed by atoms with Crippen LogP contribution in [0.15, 0.2) is 71.3 Å². The molecule has 1 N–H and O–H groups in total. The number of rotatable bonds is 38. The summed E-state index contributed by atoms with van der Waals surface area (Å²) >= 11 is -2.86. The largest absolute Gasteiger partial charge is 0.482 e. The van der Waals surface area contributed by atoms with Crippen molar-refractivity contribution in [1.29, 1.82) is 0 Å². The van der Waals surface area contributed by atoms with Gasteiger partial charge in [0.2, 0.25) is 0 Å². The van der Waals surface area contributed by atoms with Crippen LogP contribution in [0.5, 0.6) is 5.75 Å². The lowest BCUT2D eigenvalue weighted by atomic mass is 9.77. The topological polar surface area (TPSA) is 197 Å². The van der Waals surface area contributed by atoms with Crippen molar-refractivity contribution in [2.75, 3.05) is 162 Å². The van der Waals surface area contributed by atoms with Crippen molar-refractivity contribution in [1.82, 2.24) is 0 Å². The highest BCUT2D eigenvalue weighted by Gasteiger charge is 2.44. The van der Waals surface area contributed by atoms with Gasteiger partial charge in [-0.3, -0.25) is 12.5 Å². The average molecular weight is 1070 g/mol. The second-order valence-electron chi connectivity index (χ2n) is 18.0. The number of aliphatic hydroxyl groups excluding tert-OH is 1. The summed E-state index contributed by atoms with van der Waals surface area (Å²) in [6.45, 7) is 15.6. The molecule has 0 spiro atoms. The van der Waals surface area contributed by atoms with Crippen LogP contribution in [-0.4, -0.2) is 180 Å². The zero-order valence-corrected chi connectivity index (χ0v) is 46.0. The van der Waals surface area contributed by atoms with E-state index in [1.165, 1.54) is 14.2 Å². The molecule has 4 atom stereocenters. The third-order valence-electron chi connectivity index (χ3n) is 12.0. The maximum Gasteiger partial charge on any atom is 0.296 e. The van der Waals surface area contributed by atoms with Crippen molar-refractivity contribution in [3.63, 3.8) is 0 Å². The molecule has 72 heavy (non-hydrogen) atoms. The first-order valence-electron chi connectivity index (χ1n) is 24.4. The molecule has 0 aromatic heterocycles. The molecule has 2 heterocycles. The van der Waals surface area contributed by atoms with E-state index in [4.69, 9.17) is 55.6 Å². The molecule has 4 rings (SSSR count). The van der Waals surface area contributed by atoms with E-state index in [0.717, 1.165) is 46.6 Å². The number of aliphatic hydroxyl groups is 1. The van der Waals surface area contributed by atoms with Crippen LogP contribution in [-0.2, 0) is 83.4 Å². The monoisotopic (exact) mass is 1070 g/mol. The minimum absolute atomic E-state index is 0.0363. The minimum atomic E-state index is -4.03. The predicted octanol–water partition coefficient (Wildman–Crippen LogP) is 5.77. The maximum absolute atomic E-state index is 13.1. The summed E-state index contributed by atoms with van der Waals surface area (Å²) in [6, 6.07) is 11.3. The standard InChI is InChI=1S/C51H80N2O16S3/c1-50(2,3)45-39-42(69-48-38-41(14-16-44(45)48)52(19-11-37-71(56)61-7)20-23-63-28-31-68-35-34-66-27-26-59-5)12-9-13-49-51(4,18-10-36-70(55)60-6)46-40-43(72(57,58)62-8)15-17-47(46)53(49)21-24-64-29-32-67-33-30-65-25-22-54/h9,12-17,38-40,42,54H,10-11,18-37H2,1-8H3/b12-9+,49-13+. The molecule has 0 amide bonds. The maximum atomic E-state index is 13.1. The van der Waals surface area contributed by atoms with E-state index in [0.29, 0.717) is 130 Å². The van der Waals surface area contributed by atoms with E-state index >= 15 is 0 Å². The summed E-state index contributed by atoms with van der Waals surface area (Å²) in [5.74, 6) is 1.42. The molecule has 0 aliphatic carbocycles. The fourth-order valence-corrected chi connectivity index (χ4v) is 10.1. The Labute approximate surface area is 433 Å². The van der Waals surface area contributed by atoms with Crippen LogP contribution < -0.4 is 14.5 Å². The lowest BCUT2D eigenvalue weighted by Crippen LogP contribution is -2.31. The number of allylic oxidation sites excluding steroid dienone is 4. The van der Waals surface area contributed by atoms with Crippen molar-refractivity contribution in [3.8, 4) is 5.75 Å². The minimum Gasteiger partial charge on any atom is -0.482 e. The summed E-state index contributed by atoms with van der Waals surface area (Å²) in [4.78, 5) is 4.39. The molecule has 0 saturated carbocycles. The molecular weight excluding hydrogens is 993 g/mol. The van der Waals surface area contributed by atoms with Crippen LogP contribution in [0, 0.1) is 5.41 Å². The molecule has 18 nitrogen and oxygen atoms in total. The molecule has 4 unspecified atom stereocenters. The van der Waals surface area contributed by atoms with E-state index in [2.05, 4.69) is 61.8 Å². The second-order valence-corrected chi connectivity index (χ2v) is 22.4. The molecule has 2 aromatic rings. The van der Waals surface area contributed by atoms with E-state index in [1.807, 2.05) is 18.2 Å². The van der Waals surface area contributed by atoms with Gasteiger partial charge in [-0.25, -0.2) is 8.42 Å². The van der Waals surface area contributed by atoms with Crippen LogP contribution >= 0.6 is 0 Å². The van der Waals surface area contributed by atoms with Crippen LogP contribution in [0.4, 0.5) is 11.4 Å². The van der Waals surface area contributed by atoms with Gasteiger partial charge in [0.1, 0.15) is 11.9 Å². The summed E-state index contributed by atoms with van der Waals surface area (Å²) in [7, 11) is 1.61. The smallest absolute Gasteiger partial charge is 0.296 e. The van der Waals surface area contributed by atoms with Gasteiger partial charge in [-0.2, -0.15) is 8.42 Å². The van der Waals surface area contributed by atoms with Crippen LogP contribution in [0.3, 0.4) is 0 Å². The number of fused-ring (bicyclic) bond motifs is 2. The lowest BCUT2D eigenvalue weighted by Gasteiger charge is -2.33. The molecule has 2 aliphatic rings. The van der Waals surface area contributed by atoms with E-state index in [9.17, 15) is 16.8 Å². The fourth-order valence-electron chi connectivity index (χ4n) is 8.33. The Morgan fingerprint density at radius 3 is 1.96 bits per heavy atom. The Bertz CT molecular complexity index is 2180. The van der Waals surface area contributed by atoms with E-state index in [1.54, 1.807) is 25.3 Å². The van der Waals surface area contributed by atoms with Gasteiger partial charge in [0.05, 0.1) is 124 Å². The van der Waals surface area contributed by atoms with Crippen LogP contribution in [0.2, 0.25) is 0 Å². The highest BCUT2D eigenvalue weighted by atomic mass is 32.2. The summed E-state index contributed by atoms with van der Waals surface area (Å²) in [5.41, 5.74) is 4.60. The van der Waals surface area contributed by atoms with Crippen molar-refractivity contribution in [2.24, 2.45) is 5.41 Å². The molecule has 408 valence electrons. The molecular formula is C51H80N2O16S3. The zero-order valence-electron chi connectivity index (χ0n) is 43.6. The van der Waals surface area contributed by atoms with Gasteiger partial charge in [-0.15, -0.1) is 0 Å². The number of benzene rings is 2. The molecule has 2 aliphatic heterocycles. The third-order valence-corrected chi connectivity index (χ3v) is 15.3. The number of nitrogens with zero attached hydrogens (tertiary/aromatic N) is 2. The Hall–Kier alpha value is -3.13. The molecule has 2 aromatic carbocycles. The molecule has 0 radical (unpaired) electrons. The van der Waals surface area contributed by atoms with E-state index < -0.39 is 43.8 Å². The predicted molar refractivity (Wildman–Crippen MR) is 281 cm³/mol. The van der Waals surface area contributed by atoms with Crippen molar-refractivity contribution in [3.05, 3.63) is 77.5 Å². The van der Waals surface area contributed by atoms with Gasteiger partial charge in [-0.05, 0) is 91.3 Å². The van der Waals surface area contributed by atoms with Crippen LogP contribution in [0.1, 0.15) is 58.1 Å². The number of hydrogen-bond donors (Lipinski definition) is 1. The average Bonchev–Trinajstić information content (AvgIpc) is 3.59. The SMILES string of the molecule is COCCOCCOCCOCCN(CCCS(=O)OC)c1ccc2c(c1)OC(/C=C/C=C1/N(CCOCCOCCOCCO)c3ccc(S(=O)(=O)OC)cc3C1(C)CCCS(=O)OC)C=C2C(C)(C)C. The molecule has 0 fully saturated rings. The number of hydrogen-bond acceptors (Lipinski definition) is 18. The van der Waals surface area contributed by atoms with Crippen LogP contribution in [0.25, 0.3) is 5.57 Å². The Morgan fingerprint density at radius 1 is 0.764 bits per heavy atom.